The topological polar surface area (TPSA) is 53.2 Å². The molecule has 8 heavy (non-hydrogen) atoms. The van der Waals surface area contributed by atoms with Crippen LogP contribution < -0.4 is 0 Å². The first-order valence-electron chi connectivity index (χ1n) is 2.48. The third-order valence-electron chi connectivity index (χ3n) is 1.21. The Kier molecular flexibility index (Phi) is 1.20. The van der Waals surface area contributed by atoms with Gasteiger partial charge in [-0.25, -0.2) is 0 Å². The Morgan fingerprint density at radius 1 is 1.75 bits per heavy atom. The molecule has 1 N–H and O–H groups in total. The Balaban J connectivity index is 2.56. The SMILES string of the molecule is N#C[C@@]1(O)CCOC1. The van der Waals surface area contributed by atoms with Gasteiger partial charge >= 0.3 is 0 Å². The number of nitriles is 1. The molecule has 3 nitrogen and oxygen atoms in total. The van der Waals surface area contributed by atoms with E-state index in [1.54, 1.807) is 6.07 Å². The largest absolute Gasteiger partial charge is 0.377 e. The van der Waals surface area contributed by atoms with Crippen molar-refractivity contribution in [1.29, 1.82) is 5.26 Å². The van der Waals surface area contributed by atoms with Crippen molar-refractivity contribution in [3.8, 4) is 6.07 Å². The summed E-state index contributed by atoms with van der Waals surface area (Å²) in [7, 11) is 0. The Labute approximate surface area is 47.5 Å². The van der Waals surface area contributed by atoms with E-state index in [0.29, 0.717) is 13.0 Å². The van der Waals surface area contributed by atoms with Gasteiger partial charge in [0.05, 0.1) is 19.3 Å². The molecule has 0 aromatic rings. The van der Waals surface area contributed by atoms with Gasteiger partial charge in [0.15, 0.2) is 5.60 Å². The van der Waals surface area contributed by atoms with Crippen molar-refractivity contribution in [2.24, 2.45) is 0 Å². The van der Waals surface area contributed by atoms with E-state index in [-0.39, 0.29) is 6.61 Å². The fraction of sp³-hybridized carbons (Fsp3) is 0.800. The highest BCUT2D eigenvalue weighted by atomic mass is 16.5. The average Bonchev–Trinajstić information content (AvgIpc) is 2.17. The lowest BCUT2D eigenvalue weighted by atomic mass is 10.1. The van der Waals surface area contributed by atoms with Crippen LogP contribution in [0.2, 0.25) is 0 Å². The van der Waals surface area contributed by atoms with Crippen LogP contribution in [0.5, 0.6) is 0 Å². The monoisotopic (exact) mass is 113 g/mol. The highest BCUT2D eigenvalue weighted by Gasteiger charge is 2.31. The molecular formula is C5H7NO2. The molecule has 0 spiro atoms. The lowest BCUT2D eigenvalue weighted by Gasteiger charge is -2.06. The van der Waals surface area contributed by atoms with E-state index in [9.17, 15) is 0 Å². The maximum atomic E-state index is 9.01. The molecule has 0 saturated carbocycles. The van der Waals surface area contributed by atoms with E-state index in [1.807, 2.05) is 0 Å². The molecule has 0 aromatic carbocycles. The van der Waals surface area contributed by atoms with Crippen molar-refractivity contribution >= 4 is 0 Å². The number of nitrogens with zero attached hydrogens (tertiary/aromatic N) is 1. The molecular weight excluding hydrogens is 106 g/mol. The summed E-state index contributed by atoms with van der Waals surface area (Å²) >= 11 is 0. The van der Waals surface area contributed by atoms with Gasteiger partial charge in [-0.2, -0.15) is 5.26 Å². The quantitative estimate of drug-likeness (QED) is 0.437. The number of hydrogen-bond donors (Lipinski definition) is 1. The van der Waals surface area contributed by atoms with Gasteiger partial charge in [0.25, 0.3) is 0 Å². The lowest BCUT2D eigenvalue weighted by molar-refractivity contribution is 0.0747. The Hall–Kier alpha value is -0.590. The zero-order valence-corrected chi connectivity index (χ0v) is 4.42. The van der Waals surface area contributed by atoms with Gasteiger partial charge in [0.2, 0.25) is 0 Å². The van der Waals surface area contributed by atoms with Gasteiger partial charge in [0, 0.05) is 6.42 Å². The van der Waals surface area contributed by atoms with Gasteiger partial charge in [-0.3, -0.25) is 0 Å². The molecule has 0 amide bonds. The molecule has 44 valence electrons. The fourth-order valence-electron chi connectivity index (χ4n) is 0.642. The summed E-state index contributed by atoms with van der Waals surface area (Å²) in [5, 5.41) is 17.3. The van der Waals surface area contributed by atoms with Crippen LogP contribution in [0.1, 0.15) is 6.42 Å². The zero-order chi connectivity index (χ0) is 6.04. The molecule has 1 aliphatic heterocycles. The van der Waals surface area contributed by atoms with Crippen molar-refractivity contribution in [2.45, 2.75) is 12.0 Å². The van der Waals surface area contributed by atoms with Crippen molar-refractivity contribution < 1.29 is 9.84 Å². The van der Waals surface area contributed by atoms with Crippen molar-refractivity contribution in [3.63, 3.8) is 0 Å². The summed E-state index contributed by atoms with van der Waals surface area (Å²) in [6.07, 6.45) is 0.448. The van der Waals surface area contributed by atoms with Crippen LogP contribution in [0, 0.1) is 11.3 Å². The molecule has 1 rings (SSSR count). The van der Waals surface area contributed by atoms with E-state index in [4.69, 9.17) is 15.1 Å². The average molecular weight is 113 g/mol. The molecule has 0 unspecified atom stereocenters. The standard InChI is InChI=1S/C5H7NO2/c6-3-5(7)1-2-8-4-5/h7H,1-2,4H2/t5-/m0/s1. The minimum Gasteiger partial charge on any atom is -0.377 e. The number of hydrogen-bond acceptors (Lipinski definition) is 3. The van der Waals surface area contributed by atoms with Crippen molar-refractivity contribution in [2.75, 3.05) is 13.2 Å². The third kappa shape index (κ3) is 0.808. The summed E-state index contributed by atoms with van der Waals surface area (Å²) in [6, 6.07) is 1.77. The molecule has 0 radical (unpaired) electrons. The van der Waals surface area contributed by atoms with E-state index >= 15 is 0 Å². The maximum absolute atomic E-state index is 9.01. The molecule has 3 heteroatoms. The molecule has 1 atom stereocenters. The van der Waals surface area contributed by atoms with Crippen molar-refractivity contribution in [3.05, 3.63) is 0 Å². The fourth-order valence-corrected chi connectivity index (χ4v) is 0.642. The molecule has 1 saturated heterocycles. The summed E-state index contributed by atoms with van der Waals surface area (Å²) in [4.78, 5) is 0. The van der Waals surface area contributed by atoms with Crippen molar-refractivity contribution in [1.82, 2.24) is 0 Å². The normalized spacial score (nSPS) is 37.0. The lowest BCUT2D eigenvalue weighted by Crippen LogP contribution is -2.25. The van der Waals surface area contributed by atoms with Gasteiger partial charge < -0.3 is 9.84 Å². The van der Waals surface area contributed by atoms with Crippen LogP contribution in [-0.2, 0) is 4.74 Å². The van der Waals surface area contributed by atoms with E-state index in [1.165, 1.54) is 0 Å². The predicted octanol–water partition coefficient (Wildman–Crippen LogP) is -0.339. The number of aliphatic hydroxyl groups is 1. The zero-order valence-electron chi connectivity index (χ0n) is 4.42. The minimum atomic E-state index is -1.18. The van der Waals surface area contributed by atoms with Gasteiger partial charge in [-0.15, -0.1) is 0 Å². The van der Waals surface area contributed by atoms with E-state index < -0.39 is 5.60 Å². The molecule has 1 fully saturated rings. The van der Waals surface area contributed by atoms with Gasteiger partial charge in [-0.1, -0.05) is 0 Å². The van der Waals surface area contributed by atoms with Crippen LogP contribution in [0.15, 0.2) is 0 Å². The number of rotatable bonds is 0. The Bertz CT molecular complexity index is 121. The van der Waals surface area contributed by atoms with Crippen LogP contribution in [0.3, 0.4) is 0 Å². The van der Waals surface area contributed by atoms with E-state index in [0.717, 1.165) is 0 Å². The molecule has 0 bridgehead atoms. The first-order valence-corrected chi connectivity index (χ1v) is 2.48. The van der Waals surface area contributed by atoms with Crippen LogP contribution in [0.25, 0.3) is 0 Å². The first kappa shape index (κ1) is 5.54. The second-order valence-corrected chi connectivity index (χ2v) is 1.95. The highest BCUT2D eigenvalue weighted by Crippen LogP contribution is 2.15. The van der Waals surface area contributed by atoms with Gasteiger partial charge in [0.1, 0.15) is 0 Å². The summed E-state index contributed by atoms with van der Waals surface area (Å²) in [6.45, 7) is 0.674. The Morgan fingerprint density at radius 3 is 2.75 bits per heavy atom. The molecule has 0 aliphatic carbocycles. The highest BCUT2D eigenvalue weighted by molar-refractivity contribution is 5.02. The molecule has 0 aromatic heterocycles. The third-order valence-corrected chi connectivity index (χ3v) is 1.21. The van der Waals surface area contributed by atoms with Crippen LogP contribution in [-0.4, -0.2) is 23.9 Å². The summed E-state index contributed by atoms with van der Waals surface area (Å²) in [5.74, 6) is 0. The molecule has 1 heterocycles. The minimum absolute atomic E-state index is 0.170. The van der Waals surface area contributed by atoms with Crippen LogP contribution in [0.4, 0.5) is 0 Å². The van der Waals surface area contributed by atoms with Gasteiger partial charge in [-0.05, 0) is 0 Å². The summed E-state index contributed by atoms with van der Waals surface area (Å²) in [5.41, 5.74) is -1.18. The van der Waals surface area contributed by atoms with E-state index in [2.05, 4.69) is 0 Å². The maximum Gasteiger partial charge on any atom is 0.176 e. The Morgan fingerprint density at radius 2 is 2.50 bits per heavy atom. The first-order chi connectivity index (χ1) is 3.77. The van der Waals surface area contributed by atoms with Crippen LogP contribution >= 0.6 is 0 Å². The summed E-state index contributed by atoms with van der Waals surface area (Å²) < 4.78 is 4.78. The second kappa shape index (κ2) is 1.73. The predicted molar refractivity (Wildman–Crippen MR) is 26.0 cm³/mol. The second-order valence-electron chi connectivity index (χ2n) is 1.95. The smallest absolute Gasteiger partial charge is 0.176 e. The number of ether oxygens (including phenoxy) is 1. The molecule has 1 aliphatic rings.